The van der Waals surface area contributed by atoms with E-state index in [1.54, 1.807) is 10.9 Å². The third kappa shape index (κ3) is 3.41. The first-order valence-electron chi connectivity index (χ1n) is 12.5. The lowest BCUT2D eigenvalue weighted by Gasteiger charge is -2.60. The summed E-state index contributed by atoms with van der Waals surface area (Å²) in [6.07, 6.45) is 5.43. The second-order valence-corrected chi connectivity index (χ2v) is 11.2. The van der Waals surface area contributed by atoms with Gasteiger partial charge in [-0.15, -0.1) is 10.2 Å². The second-order valence-electron chi connectivity index (χ2n) is 11.2. The summed E-state index contributed by atoms with van der Waals surface area (Å²) in [5.41, 5.74) is 7.48. The standard InChI is InChI=1S/C25H31N7O3/c1-14-5-4-6-20(15(14)2)31-21(33)8-19(22(31)34)27-28-23(35)24-9-17-7-18(10-24)12-25(11-17,13-24)32-29-16(3)26-30-32/h4-6,17-19,27H,7-13H2,1-3H3,(H,28,35). The van der Waals surface area contributed by atoms with E-state index in [0.717, 1.165) is 43.2 Å². The van der Waals surface area contributed by atoms with Crippen LogP contribution in [0.1, 0.15) is 61.9 Å². The number of hydrogen-bond donors (Lipinski definition) is 2. The predicted molar refractivity (Wildman–Crippen MR) is 126 cm³/mol. The maximum atomic E-state index is 13.6. The first-order chi connectivity index (χ1) is 16.7. The van der Waals surface area contributed by atoms with Gasteiger partial charge >= 0.3 is 0 Å². The van der Waals surface area contributed by atoms with E-state index in [9.17, 15) is 14.4 Å². The number of rotatable bonds is 5. The Labute approximate surface area is 203 Å². The fourth-order valence-electron chi connectivity index (χ4n) is 7.46. The molecule has 7 rings (SSSR count). The van der Waals surface area contributed by atoms with Crippen molar-refractivity contribution in [2.24, 2.45) is 17.3 Å². The van der Waals surface area contributed by atoms with Crippen LogP contribution in [-0.4, -0.2) is 44.0 Å². The van der Waals surface area contributed by atoms with Crippen LogP contribution >= 0.6 is 0 Å². The quantitative estimate of drug-likeness (QED) is 0.498. The Bertz CT molecular complexity index is 1220. The van der Waals surface area contributed by atoms with E-state index in [-0.39, 0.29) is 29.7 Å². The van der Waals surface area contributed by atoms with Gasteiger partial charge in [0.2, 0.25) is 11.8 Å². The van der Waals surface area contributed by atoms with Crippen LogP contribution in [0.3, 0.4) is 0 Å². The molecule has 2 aromatic rings. The summed E-state index contributed by atoms with van der Waals surface area (Å²) >= 11 is 0. The molecule has 1 aliphatic heterocycles. The molecule has 1 saturated heterocycles. The fraction of sp³-hybridized carbons (Fsp3) is 0.600. The highest BCUT2D eigenvalue weighted by Crippen LogP contribution is 2.63. The largest absolute Gasteiger partial charge is 0.290 e. The lowest BCUT2D eigenvalue weighted by atomic mass is 9.46. The van der Waals surface area contributed by atoms with Gasteiger partial charge in [-0.1, -0.05) is 12.1 Å². The summed E-state index contributed by atoms with van der Waals surface area (Å²) in [7, 11) is 0. The van der Waals surface area contributed by atoms with Crippen LogP contribution in [0.2, 0.25) is 0 Å². The lowest BCUT2D eigenvalue weighted by Crippen LogP contribution is -2.63. The first kappa shape index (κ1) is 22.3. The number of nitrogens with one attached hydrogen (secondary N) is 2. The molecule has 4 bridgehead atoms. The van der Waals surface area contributed by atoms with E-state index < -0.39 is 11.5 Å². The SMILES string of the molecule is Cc1nnn(C23CC4CC(CC(C(=O)NNC5CC(=O)N(c6cccc(C)c6C)C5=O)(C4)C2)C3)n1. The summed E-state index contributed by atoms with van der Waals surface area (Å²) in [6, 6.07) is 4.80. The van der Waals surface area contributed by atoms with E-state index in [1.807, 2.05) is 32.9 Å². The molecule has 4 saturated carbocycles. The Morgan fingerprint density at radius 3 is 2.51 bits per heavy atom. The van der Waals surface area contributed by atoms with Crippen LogP contribution in [0, 0.1) is 38.0 Å². The number of tetrazole rings is 1. The van der Waals surface area contributed by atoms with E-state index in [0.29, 0.717) is 29.8 Å². The molecule has 2 N–H and O–H groups in total. The normalized spacial score (nSPS) is 33.6. The summed E-state index contributed by atoms with van der Waals surface area (Å²) in [4.78, 5) is 42.5. The molecule has 3 amide bonds. The Morgan fingerprint density at radius 1 is 1.09 bits per heavy atom. The Hall–Kier alpha value is -3.14. The maximum Gasteiger partial charge on any atom is 0.253 e. The van der Waals surface area contributed by atoms with Crippen LogP contribution in [0.15, 0.2) is 18.2 Å². The highest BCUT2D eigenvalue weighted by molar-refractivity contribution is 6.22. The topological polar surface area (TPSA) is 122 Å². The molecule has 35 heavy (non-hydrogen) atoms. The van der Waals surface area contributed by atoms with E-state index in [4.69, 9.17) is 0 Å². The van der Waals surface area contributed by atoms with E-state index in [2.05, 4.69) is 26.3 Å². The number of benzene rings is 1. The molecule has 1 aromatic carbocycles. The summed E-state index contributed by atoms with van der Waals surface area (Å²) < 4.78 is 0. The number of anilines is 1. The number of hydrogen-bond acceptors (Lipinski definition) is 7. The van der Waals surface area contributed by atoms with Gasteiger partial charge in [-0.05, 0) is 93.5 Å². The third-order valence-corrected chi connectivity index (χ3v) is 8.77. The molecule has 2 heterocycles. The van der Waals surface area contributed by atoms with Crippen LogP contribution in [0.5, 0.6) is 0 Å². The highest BCUT2D eigenvalue weighted by Gasteiger charge is 2.62. The van der Waals surface area contributed by atoms with Gasteiger partial charge in [0, 0.05) is 0 Å². The zero-order valence-electron chi connectivity index (χ0n) is 20.4. The molecule has 3 atom stereocenters. The van der Waals surface area contributed by atoms with Gasteiger partial charge in [-0.25, -0.2) is 10.3 Å². The molecule has 1 aromatic heterocycles. The minimum absolute atomic E-state index is 0.0108. The molecular weight excluding hydrogens is 446 g/mol. The highest BCUT2D eigenvalue weighted by atomic mass is 16.2. The maximum absolute atomic E-state index is 13.6. The fourth-order valence-corrected chi connectivity index (χ4v) is 7.46. The molecule has 5 fully saturated rings. The zero-order chi connectivity index (χ0) is 24.5. The monoisotopic (exact) mass is 477 g/mol. The van der Waals surface area contributed by atoms with Crippen molar-refractivity contribution < 1.29 is 14.4 Å². The second kappa shape index (κ2) is 7.68. The van der Waals surface area contributed by atoms with Gasteiger partial charge in [-0.2, -0.15) is 4.80 Å². The third-order valence-electron chi connectivity index (χ3n) is 8.77. The minimum Gasteiger partial charge on any atom is -0.290 e. The van der Waals surface area contributed by atoms with E-state index in [1.165, 1.54) is 4.90 Å². The molecule has 5 aliphatic rings. The zero-order valence-corrected chi connectivity index (χ0v) is 20.4. The van der Waals surface area contributed by atoms with Crippen LogP contribution in [0.25, 0.3) is 0 Å². The number of hydrazine groups is 1. The Morgan fingerprint density at radius 2 is 1.83 bits per heavy atom. The predicted octanol–water partition coefficient (Wildman–Crippen LogP) is 1.85. The lowest BCUT2D eigenvalue weighted by molar-refractivity contribution is -0.158. The molecule has 184 valence electrons. The van der Waals surface area contributed by atoms with Crippen molar-refractivity contribution >= 4 is 23.4 Å². The smallest absolute Gasteiger partial charge is 0.253 e. The summed E-state index contributed by atoms with van der Waals surface area (Å²) in [6.45, 7) is 5.69. The van der Waals surface area contributed by atoms with Crippen molar-refractivity contribution in [2.45, 2.75) is 77.3 Å². The van der Waals surface area contributed by atoms with Crippen molar-refractivity contribution in [3.63, 3.8) is 0 Å². The number of nitrogens with zero attached hydrogens (tertiary/aromatic N) is 5. The molecule has 10 heteroatoms. The van der Waals surface area contributed by atoms with Crippen molar-refractivity contribution in [3.8, 4) is 0 Å². The summed E-state index contributed by atoms with van der Waals surface area (Å²) in [5, 5.41) is 12.9. The number of aromatic nitrogens is 4. The van der Waals surface area contributed by atoms with Gasteiger partial charge in [0.1, 0.15) is 6.04 Å². The van der Waals surface area contributed by atoms with E-state index >= 15 is 0 Å². The molecular formula is C25H31N7O3. The Kier molecular flexibility index (Phi) is 4.90. The van der Waals surface area contributed by atoms with Gasteiger partial charge in [0.15, 0.2) is 5.82 Å². The molecule has 3 unspecified atom stereocenters. The molecule has 0 radical (unpaired) electrons. The van der Waals surface area contributed by atoms with Gasteiger partial charge in [0.25, 0.3) is 5.91 Å². The van der Waals surface area contributed by atoms with Crippen LogP contribution < -0.4 is 15.8 Å². The van der Waals surface area contributed by atoms with Crippen molar-refractivity contribution in [3.05, 3.63) is 35.2 Å². The molecule has 10 nitrogen and oxygen atoms in total. The number of imide groups is 1. The van der Waals surface area contributed by atoms with Crippen LogP contribution in [-0.2, 0) is 19.9 Å². The number of aryl methyl sites for hydroxylation is 2. The van der Waals surface area contributed by atoms with Crippen molar-refractivity contribution in [1.29, 1.82) is 0 Å². The average molecular weight is 478 g/mol. The average Bonchev–Trinajstić information content (AvgIpc) is 3.36. The first-order valence-corrected chi connectivity index (χ1v) is 12.5. The van der Waals surface area contributed by atoms with Crippen LogP contribution in [0.4, 0.5) is 5.69 Å². The number of carbonyl (C=O) groups is 3. The number of carbonyl (C=O) groups excluding carboxylic acids is 3. The van der Waals surface area contributed by atoms with Gasteiger partial charge < -0.3 is 0 Å². The van der Waals surface area contributed by atoms with Gasteiger partial charge in [0.05, 0.1) is 23.1 Å². The Balaban J connectivity index is 1.18. The molecule has 4 aliphatic carbocycles. The summed E-state index contributed by atoms with van der Waals surface area (Å²) in [5.74, 6) is 0.827. The molecule has 0 spiro atoms. The van der Waals surface area contributed by atoms with Gasteiger partial charge in [-0.3, -0.25) is 19.8 Å². The number of amides is 3. The van der Waals surface area contributed by atoms with Crippen molar-refractivity contribution in [1.82, 2.24) is 31.1 Å². The minimum atomic E-state index is -0.783. The van der Waals surface area contributed by atoms with Crippen molar-refractivity contribution in [2.75, 3.05) is 4.90 Å².